The number of H-pyrrole nitrogens is 1. The number of nitrogens with zero attached hydrogens (tertiary/aromatic N) is 1. The van der Waals surface area contributed by atoms with Crippen molar-refractivity contribution in [3.8, 4) is 5.75 Å². The molecule has 3 aromatic rings. The highest BCUT2D eigenvalue weighted by Gasteiger charge is 2.13. The first kappa shape index (κ1) is 17.8. The number of ether oxygens (including phenoxy) is 1. The number of aromatic nitrogens is 2. The van der Waals surface area contributed by atoms with Gasteiger partial charge in [-0.1, -0.05) is 26.0 Å². The smallest absolute Gasteiger partial charge is 0.319 e. The number of carbonyl (C=O) groups excluding carboxylic acids is 1. The molecule has 0 fully saturated rings. The lowest BCUT2D eigenvalue weighted by Gasteiger charge is -2.13. The van der Waals surface area contributed by atoms with Crippen LogP contribution in [0.5, 0.6) is 5.75 Å². The molecular formula is C20H24N4O2. The lowest BCUT2D eigenvalue weighted by Crippen LogP contribution is -2.31. The molecule has 1 atom stereocenters. The molecule has 0 saturated carbocycles. The number of benzene rings is 2. The van der Waals surface area contributed by atoms with Crippen molar-refractivity contribution in [2.75, 3.05) is 11.9 Å². The number of para-hydroxylation sites is 2. The normalized spacial score (nSPS) is 12.2. The summed E-state index contributed by atoms with van der Waals surface area (Å²) in [6, 6.07) is 14.6. The Hall–Kier alpha value is -3.02. The average molecular weight is 352 g/mol. The number of carbonyl (C=O) groups is 1. The van der Waals surface area contributed by atoms with E-state index in [-0.39, 0.29) is 12.1 Å². The summed E-state index contributed by atoms with van der Waals surface area (Å²) in [5, 5.41) is 5.71. The van der Waals surface area contributed by atoms with E-state index in [1.807, 2.05) is 55.5 Å². The van der Waals surface area contributed by atoms with Crippen molar-refractivity contribution in [1.82, 2.24) is 15.3 Å². The molecule has 0 radical (unpaired) electrons. The van der Waals surface area contributed by atoms with E-state index in [9.17, 15) is 4.79 Å². The molecule has 1 heterocycles. The molecule has 0 aliphatic heterocycles. The molecule has 0 unspecified atom stereocenters. The van der Waals surface area contributed by atoms with E-state index in [0.717, 1.165) is 22.6 Å². The van der Waals surface area contributed by atoms with Crippen LogP contribution in [0.1, 0.15) is 32.6 Å². The highest BCUT2D eigenvalue weighted by Crippen LogP contribution is 2.18. The van der Waals surface area contributed by atoms with E-state index in [1.54, 1.807) is 0 Å². The standard InChI is InChI=1S/C20H24N4O2/c1-13(2)12-26-16-10-8-15(9-11-16)22-20(25)21-14(3)19-23-17-6-4-5-7-18(17)24-19/h4-11,13-14H,12H2,1-3H3,(H,23,24)(H2,21,22,25)/t14-/m1/s1. The summed E-state index contributed by atoms with van der Waals surface area (Å²) in [5.41, 5.74) is 2.54. The Kier molecular flexibility index (Phi) is 5.41. The summed E-state index contributed by atoms with van der Waals surface area (Å²) in [7, 11) is 0. The van der Waals surface area contributed by atoms with Crippen LogP contribution in [-0.4, -0.2) is 22.6 Å². The Bertz CT molecular complexity index is 838. The van der Waals surface area contributed by atoms with Gasteiger partial charge >= 0.3 is 6.03 Å². The zero-order valence-electron chi connectivity index (χ0n) is 15.2. The van der Waals surface area contributed by atoms with Crippen molar-refractivity contribution in [3.05, 3.63) is 54.4 Å². The number of aromatic amines is 1. The van der Waals surface area contributed by atoms with Gasteiger partial charge in [-0.25, -0.2) is 9.78 Å². The fourth-order valence-electron chi connectivity index (χ4n) is 2.51. The van der Waals surface area contributed by atoms with Crippen molar-refractivity contribution >= 4 is 22.8 Å². The average Bonchev–Trinajstić information content (AvgIpc) is 3.05. The van der Waals surface area contributed by atoms with Crippen LogP contribution in [0.15, 0.2) is 48.5 Å². The Morgan fingerprint density at radius 1 is 1.12 bits per heavy atom. The van der Waals surface area contributed by atoms with E-state index in [0.29, 0.717) is 18.2 Å². The number of hydrogen-bond acceptors (Lipinski definition) is 3. The van der Waals surface area contributed by atoms with Gasteiger partial charge in [0.25, 0.3) is 0 Å². The van der Waals surface area contributed by atoms with Crippen LogP contribution in [0.25, 0.3) is 11.0 Å². The van der Waals surface area contributed by atoms with Crippen LogP contribution in [0, 0.1) is 5.92 Å². The number of anilines is 1. The summed E-state index contributed by atoms with van der Waals surface area (Å²) >= 11 is 0. The second kappa shape index (κ2) is 7.91. The maximum absolute atomic E-state index is 12.2. The minimum absolute atomic E-state index is 0.240. The molecule has 3 rings (SSSR count). The predicted molar refractivity (Wildman–Crippen MR) is 103 cm³/mol. The quantitative estimate of drug-likeness (QED) is 0.612. The van der Waals surface area contributed by atoms with Gasteiger partial charge in [0.1, 0.15) is 11.6 Å². The van der Waals surface area contributed by atoms with E-state index in [4.69, 9.17) is 4.74 Å². The van der Waals surface area contributed by atoms with Crippen molar-refractivity contribution in [2.45, 2.75) is 26.8 Å². The summed E-state index contributed by atoms with van der Waals surface area (Å²) in [4.78, 5) is 19.9. The van der Waals surface area contributed by atoms with E-state index >= 15 is 0 Å². The molecule has 6 nitrogen and oxygen atoms in total. The largest absolute Gasteiger partial charge is 0.493 e. The zero-order chi connectivity index (χ0) is 18.5. The summed E-state index contributed by atoms with van der Waals surface area (Å²) in [6.45, 7) is 6.76. The monoisotopic (exact) mass is 352 g/mol. The Balaban J connectivity index is 1.56. The third-order valence-corrected chi connectivity index (χ3v) is 3.86. The molecular weight excluding hydrogens is 328 g/mol. The third-order valence-electron chi connectivity index (χ3n) is 3.86. The lowest BCUT2D eigenvalue weighted by atomic mass is 10.2. The van der Waals surface area contributed by atoms with Gasteiger partial charge in [-0.05, 0) is 49.2 Å². The molecule has 0 aliphatic carbocycles. The third kappa shape index (κ3) is 4.53. The summed E-state index contributed by atoms with van der Waals surface area (Å²) in [5.74, 6) is 1.98. The molecule has 0 bridgehead atoms. The van der Waals surface area contributed by atoms with Crippen LogP contribution >= 0.6 is 0 Å². The first-order chi connectivity index (χ1) is 12.5. The van der Waals surface area contributed by atoms with Crippen molar-refractivity contribution in [3.63, 3.8) is 0 Å². The molecule has 6 heteroatoms. The van der Waals surface area contributed by atoms with Gasteiger partial charge in [-0.2, -0.15) is 0 Å². The van der Waals surface area contributed by atoms with Crippen LogP contribution in [0.3, 0.4) is 0 Å². The van der Waals surface area contributed by atoms with Crippen LogP contribution in [-0.2, 0) is 0 Å². The van der Waals surface area contributed by atoms with Crippen LogP contribution < -0.4 is 15.4 Å². The maximum Gasteiger partial charge on any atom is 0.319 e. The molecule has 0 spiro atoms. The van der Waals surface area contributed by atoms with Gasteiger partial charge in [0, 0.05) is 5.69 Å². The SMILES string of the molecule is CC(C)COc1ccc(NC(=O)N[C@H](C)c2nc3ccccc3[nH]2)cc1. The van der Waals surface area contributed by atoms with Gasteiger partial charge in [-0.3, -0.25) is 0 Å². The molecule has 2 aromatic carbocycles. The number of rotatable bonds is 6. The van der Waals surface area contributed by atoms with Crippen molar-refractivity contribution in [2.24, 2.45) is 5.92 Å². The molecule has 1 aromatic heterocycles. The minimum atomic E-state index is -0.284. The molecule has 2 amide bonds. The number of urea groups is 1. The fourth-order valence-corrected chi connectivity index (χ4v) is 2.51. The predicted octanol–water partition coefficient (Wildman–Crippen LogP) is 4.48. The zero-order valence-corrected chi connectivity index (χ0v) is 15.2. The second-order valence-electron chi connectivity index (χ2n) is 6.69. The van der Waals surface area contributed by atoms with Gasteiger partial charge in [0.15, 0.2) is 0 Å². The topological polar surface area (TPSA) is 79.0 Å². The molecule has 3 N–H and O–H groups in total. The highest BCUT2D eigenvalue weighted by atomic mass is 16.5. The van der Waals surface area contributed by atoms with Gasteiger partial charge in [-0.15, -0.1) is 0 Å². The first-order valence-corrected chi connectivity index (χ1v) is 8.76. The highest BCUT2D eigenvalue weighted by molar-refractivity contribution is 5.89. The molecule has 26 heavy (non-hydrogen) atoms. The Labute approximate surface area is 153 Å². The minimum Gasteiger partial charge on any atom is -0.493 e. The van der Waals surface area contributed by atoms with Gasteiger partial charge in [0.2, 0.25) is 0 Å². The van der Waals surface area contributed by atoms with Crippen LogP contribution in [0.4, 0.5) is 10.5 Å². The van der Waals surface area contributed by atoms with E-state index in [1.165, 1.54) is 0 Å². The number of nitrogens with one attached hydrogen (secondary N) is 3. The van der Waals surface area contributed by atoms with E-state index in [2.05, 4.69) is 34.4 Å². The lowest BCUT2D eigenvalue weighted by molar-refractivity contribution is 0.249. The van der Waals surface area contributed by atoms with Crippen LogP contribution in [0.2, 0.25) is 0 Å². The summed E-state index contributed by atoms with van der Waals surface area (Å²) in [6.07, 6.45) is 0. The molecule has 0 saturated heterocycles. The Morgan fingerprint density at radius 3 is 2.54 bits per heavy atom. The number of amides is 2. The first-order valence-electron chi connectivity index (χ1n) is 8.76. The number of fused-ring (bicyclic) bond motifs is 1. The number of imidazole rings is 1. The molecule has 0 aliphatic rings. The fraction of sp³-hybridized carbons (Fsp3) is 0.300. The van der Waals surface area contributed by atoms with Crippen molar-refractivity contribution in [1.29, 1.82) is 0 Å². The maximum atomic E-state index is 12.2. The Morgan fingerprint density at radius 2 is 1.85 bits per heavy atom. The van der Waals surface area contributed by atoms with Crippen molar-refractivity contribution < 1.29 is 9.53 Å². The van der Waals surface area contributed by atoms with E-state index < -0.39 is 0 Å². The van der Waals surface area contributed by atoms with Gasteiger partial charge in [0.05, 0.1) is 23.7 Å². The van der Waals surface area contributed by atoms with Gasteiger partial charge < -0.3 is 20.4 Å². The second-order valence-corrected chi connectivity index (χ2v) is 6.69. The summed E-state index contributed by atoms with van der Waals surface area (Å²) < 4.78 is 5.64. The molecule has 136 valence electrons. The number of hydrogen-bond donors (Lipinski definition) is 3.